The van der Waals surface area contributed by atoms with Crippen LogP contribution in [-0.4, -0.2) is 49.4 Å². The Morgan fingerprint density at radius 2 is 1.62 bits per heavy atom. The lowest BCUT2D eigenvalue weighted by Crippen LogP contribution is -2.35. The first-order chi connectivity index (χ1) is 11.8. The van der Waals surface area contributed by atoms with Crippen molar-refractivity contribution in [2.75, 3.05) is 32.7 Å². The molecule has 1 aromatic carbocycles. The fraction of sp³-hybridized carbons (Fsp3) is 0.579. The van der Waals surface area contributed by atoms with Crippen molar-refractivity contribution in [1.29, 1.82) is 0 Å². The second-order valence-electron chi connectivity index (χ2n) is 6.33. The molecule has 2 rings (SSSR count). The van der Waals surface area contributed by atoms with Crippen molar-refractivity contribution in [1.82, 2.24) is 15.5 Å². The highest BCUT2D eigenvalue weighted by Gasteiger charge is 2.09. The van der Waals surface area contributed by atoms with Gasteiger partial charge in [-0.05, 0) is 44.5 Å². The summed E-state index contributed by atoms with van der Waals surface area (Å²) in [5, 5.41) is 5.82. The van der Waals surface area contributed by atoms with Gasteiger partial charge in [0.15, 0.2) is 0 Å². The largest absolute Gasteiger partial charge is 0.355 e. The minimum absolute atomic E-state index is 0.0683. The van der Waals surface area contributed by atoms with Gasteiger partial charge in [-0.3, -0.25) is 9.59 Å². The van der Waals surface area contributed by atoms with Crippen molar-refractivity contribution < 1.29 is 9.59 Å². The monoisotopic (exact) mass is 331 g/mol. The van der Waals surface area contributed by atoms with Crippen LogP contribution in [0.5, 0.6) is 0 Å². The SMILES string of the molecule is O=C(CCCNC(=O)c1ccccc1)NCCN1CCCCCC1. The van der Waals surface area contributed by atoms with Gasteiger partial charge in [0.1, 0.15) is 0 Å². The Labute approximate surface area is 144 Å². The van der Waals surface area contributed by atoms with E-state index >= 15 is 0 Å². The molecule has 5 nitrogen and oxygen atoms in total. The van der Waals surface area contributed by atoms with E-state index in [0.717, 1.165) is 26.2 Å². The molecule has 0 radical (unpaired) electrons. The maximum absolute atomic E-state index is 11.8. The summed E-state index contributed by atoms with van der Waals surface area (Å²) in [5.74, 6) is -0.0176. The van der Waals surface area contributed by atoms with Gasteiger partial charge in [0.25, 0.3) is 5.91 Å². The Balaban J connectivity index is 1.51. The second kappa shape index (κ2) is 10.8. The molecule has 24 heavy (non-hydrogen) atoms. The van der Waals surface area contributed by atoms with E-state index in [-0.39, 0.29) is 11.8 Å². The first kappa shape index (κ1) is 18.5. The smallest absolute Gasteiger partial charge is 0.251 e. The normalized spacial score (nSPS) is 15.5. The van der Waals surface area contributed by atoms with E-state index in [4.69, 9.17) is 0 Å². The van der Waals surface area contributed by atoms with E-state index in [1.54, 1.807) is 12.1 Å². The quantitative estimate of drug-likeness (QED) is 0.718. The minimum Gasteiger partial charge on any atom is -0.355 e. The highest BCUT2D eigenvalue weighted by molar-refractivity contribution is 5.94. The summed E-state index contributed by atoms with van der Waals surface area (Å²) >= 11 is 0. The molecule has 1 heterocycles. The molecule has 1 aliphatic rings. The number of benzene rings is 1. The number of carbonyl (C=O) groups is 2. The maximum atomic E-state index is 11.8. The molecule has 0 aromatic heterocycles. The summed E-state index contributed by atoms with van der Waals surface area (Å²) < 4.78 is 0. The highest BCUT2D eigenvalue weighted by atomic mass is 16.2. The lowest BCUT2D eigenvalue weighted by atomic mass is 10.2. The highest BCUT2D eigenvalue weighted by Crippen LogP contribution is 2.08. The molecular formula is C19H29N3O2. The molecule has 0 aliphatic carbocycles. The van der Waals surface area contributed by atoms with E-state index in [1.165, 1.54) is 25.7 Å². The van der Waals surface area contributed by atoms with E-state index in [1.807, 2.05) is 18.2 Å². The molecule has 2 N–H and O–H groups in total. The number of likely N-dealkylation sites (tertiary alicyclic amines) is 1. The van der Waals surface area contributed by atoms with Crippen LogP contribution in [0.2, 0.25) is 0 Å². The number of nitrogens with one attached hydrogen (secondary N) is 2. The van der Waals surface area contributed by atoms with Crippen LogP contribution in [0.15, 0.2) is 30.3 Å². The van der Waals surface area contributed by atoms with Gasteiger partial charge in [0.2, 0.25) is 5.91 Å². The molecule has 0 spiro atoms. The Morgan fingerprint density at radius 3 is 2.33 bits per heavy atom. The Kier molecular flexibility index (Phi) is 8.32. The van der Waals surface area contributed by atoms with Crippen LogP contribution in [0.4, 0.5) is 0 Å². The fourth-order valence-corrected chi connectivity index (χ4v) is 2.94. The van der Waals surface area contributed by atoms with Crippen molar-refractivity contribution >= 4 is 11.8 Å². The Bertz CT molecular complexity index is 497. The lowest BCUT2D eigenvalue weighted by molar-refractivity contribution is -0.121. The number of amides is 2. The molecule has 0 atom stereocenters. The molecule has 132 valence electrons. The summed E-state index contributed by atoms with van der Waals surface area (Å²) in [4.78, 5) is 26.1. The van der Waals surface area contributed by atoms with Gasteiger partial charge >= 0.3 is 0 Å². The van der Waals surface area contributed by atoms with Crippen molar-refractivity contribution in [3.8, 4) is 0 Å². The molecule has 1 aliphatic heterocycles. The zero-order chi connectivity index (χ0) is 17.0. The second-order valence-corrected chi connectivity index (χ2v) is 6.33. The average Bonchev–Trinajstić information content (AvgIpc) is 2.88. The number of hydrogen-bond donors (Lipinski definition) is 2. The zero-order valence-electron chi connectivity index (χ0n) is 14.4. The summed E-state index contributed by atoms with van der Waals surface area (Å²) in [6.07, 6.45) is 6.32. The third-order valence-corrected chi connectivity index (χ3v) is 4.35. The van der Waals surface area contributed by atoms with Crippen molar-refractivity contribution in [3.63, 3.8) is 0 Å². The minimum atomic E-state index is -0.0860. The van der Waals surface area contributed by atoms with Crippen LogP contribution in [0.25, 0.3) is 0 Å². The van der Waals surface area contributed by atoms with Crippen molar-refractivity contribution in [2.45, 2.75) is 38.5 Å². The predicted molar refractivity (Wildman–Crippen MR) is 95.9 cm³/mol. The van der Waals surface area contributed by atoms with Gasteiger partial charge < -0.3 is 15.5 Å². The maximum Gasteiger partial charge on any atom is 0.251 e. The molecule has 0 bridgehead atoms. The van der Waals surface area contributed by atoms with E-state index in [9.17, 15) is 9.59 Å². The van der Waals surface area contributed by atoms with Crippen molar-refractivity contribution in [3.05, 3.63) is 35.9 Å². The summed E-state index contributed by atoms with van der Waals surface area (Å²) in [5.41, 5.74) is 0.652. The van der Waals surface area contributed by atoms with E-state index < -0.39 is 0 Å². The molecule has 1 aromatic rings. The van der Waals surface area contributed by atoms with Gasteiger partial charge in [0, 0.05) is 31.6 Å². The van der Waals surface area contributed by atoms with Gasteiger partial charge in [-0.1, -0.05) is 31.0 Å². The van der Waals surface area contributed by atoms with Gasteiger partial charge in [0.05, 0.1) is 0 Å². The summed E-state index contributed by atoms with van der Waals surface area (Å²) in [6.45, 7) is 4.49. The molecule has 0 unspecified atom stereocenters. The van der Waals surface area contributed by atoms with E-state index in [2.05, 4.69) is 15.5 Å². The first-order valence-electron chi connectivity index (χ1n) is 9.08. The summed E-state index contributed by atoms with van der Waals surface area (Å²) in [7, 11) is 0. The van der Waals surface area contributed by atoms with Crippen molar-refractivity contribution in [2.24, 2.45) is 0 Å². The third-order valence-electron chi connectivity index (χ3n) is 4.35. The molecule has 1 saturated heterocycles. The Morgan fingerprint density at radius 1 is 0.917 bits per heavy atom. The van der Waals surface area contributed by atoms with Gasteiger partial charge in [-0.15, -0.1) is 0 Å². The number of nitrogens with zero attached hydrogens (tertiary/aromatic N) is 1. The molecule has 5 heteroatoms. The molecule has 0 saturated carbocycles. The average molecular weight is 331 g/mol. The lowest BCUT2D eigenvalue weighted by Gasteiger charge is -2.19. The van der Waals surface area contributed by atoms with Crippen LogP contribution in [0.3, 0.4) is 0 Å². The fourth-order valence-electron chi connectivity index (χ4n) is 2.94. The predicted octanol–water partition coefficient (Wildman–Crippen LogP) is 2.19. The number of hydrogen-bond acceptors (Lipinski definition) is 3. The standard InChI is InChI=1S/C19H29N3O2/c23-18(20-13-16-22-14-6-1-2-7-15-22)11-8-12-21-19(24)17-9-4-3-5-10-17/h3-5,9-10H,1-2,6-8,11-16H2,(H,20,23)(H,21,24). The van der Waals surface area contributed by atoms with Crippen LogP contribution in [0.1, 0.15) is 48.9 Å². The first-order valence-corrected chi connectivity index (χ1v) is 9.08. The topological polar surface area (TPSA) is 61.4 Å². The van der Waals surface area contributed by atoms with E-state index in [0.29, 0.717) is 24.9 Å². The number of carbonyl (C=O) groups excluding carboxylic acids is 2. The molecule has 1 fully saturated rings. The van der Waals surface area contributed by atoms with Crippen LogP contribution in [-0.2, 0) is 4.79 Å². The zero-order valence-corrected chi connectivity index (χ0v) is 14.4. The summed E-state index contributed by atoms with van der Waals surface area (Å²) in [6, 6.07) is 9.13. The van der Waals surface area contributed by atoms with Gasteiger partial charge in [-0.2, -0.15) is 0 Å². The van der Waals surface area contributed by atoms with Crippen LogP contribution >= 0.6 is 0 Å². The van der Waals surface area contributed by atoms with Crippen LogP contribution in [0, 0.1) is 0 Å². The van der Waals surface area contributed by atoms with Crippen LogP contribution < -0.4 is 10.6 Å². The molecule has 2 amide bonds. The van der Waals surface area contributed by atoms with Gasteiger partial charge in [-0.25, -0.2) is 0 Å². The Hall–Kier alpha value is -1.88. The number of rotatable bonds is 8. The molecular weight excluding hydrogens is 302 g/mol. The third kappa shape index (κ3) is 7.13.